The Balaban J connectivity index is 1.40. The average molecular weight is 417 g/mol. The number of piperazine rings is 1. The van der Waals surface area contributed by atoms with Crippen LogP contribution in [-0.2, 0) is 10.2 Å². The highest BCUT2D eigenvalue weighted by atomic mass is 32.1. The van der Waals surface area contributed by atoms with Gasteiger partial charge in [-0.3, -0.25) is 4.99 Å². The van der Waals surface area contributed by atoms with Crippen molar-refractivity contribution >= 4 is 22.3 Å². The van der Waals surface area contributed by atoms with E-state index in [2.05, 4.69) is 37.6 Å². The molecule has 0 bridgehead atoms. The molecule has 2 aromatic rings. The lowest BCUT2D eigenvalue weighted by Gasteiger charge is -2.41. The number of rotatable bonds is 4. The molecular weight excluding hydrogens is 387 g/mol. The molecule has 2 aliphatic rings. The minimum atomic E-state index is -0.191. The van der Waals surface area contributed by atoms with Crippen LogP contribution in [0.15, 0.2) is 46.8 Å². The number of ether oxygens (including phenoxy) is 1. The zero-order valence-electron chi connectivity index (χ0n) is 16.9. The zero-order valence-corrected chi connectivity index (χ0v) is 17.8. The Morgan fingerprint density at radius 3 is 2.48 bits per heavy atom. The quantitative estimate of drug-likeness (QED) is 0.613. The van der Waals surface area contributed by atoms with Crippen molar-refractivity contribution in [3.05, 3.63) is 53.2 Å². The van der Waals surface area contributed by atoms with E-state index in [9.17, 15) is 4.39 Å². The van der Waals surface area contributed by atoms with Gasteiger partial charge in [-0.05, 0) is 48.1 Å². The normalized spacial score (nSPS) is 20.0. The van der Waals surface area contributed by atoms with E-state index < -0.39 is 0 Å². The number of nitrogens with zero attached hydrogens (tertiary/aromatic N) is 3. The maximum absolute atomic E-state index is 13.5. The molecule has 2 aliphatic heterocycles. The SMILES string of the molecule is CN=C(NCC1(c2ccc(F)cc2)CCOCC1)N1CCN(c2cccs2)CC1. The number of nitrogens with one attached hydrogen (secondary N) is 1. The van der Waals surface area contributed by atoms with Crippen molar-refractivity contribution in [3.63, 3.8) is 0 Å². The van der Waals surface area contributed by atoms with Gasteiger partial charge in [-0.15, -0.1) is 11.3 Å². The summed E-state index contributed by atoms with van der Waals surface area (Å²) in [6.45, 7) is 6.14. The minimum Gasteiger partial charge on any atom is -0.381 e. The number of hydrogen-bond donors (Lipinski definition) is 1. The Hall–Kier alpha value is -2.12. The van der Waals surface area contributed by atoms with Crippen LogP contribution in [0.2, 0.25) is 0 Å². The Labute approximate surface area is 176 Å². The number of guanidine groups is 1. The summed E-state index contributed by atoms with van der Waals surface area (Å²) in [7, 11) is 1.85. The van der Waals surface area contributed by atoms with E-state index >= 15 is 0 Å². The molecule has 0 aliphatic carbocycles. The van der Waals surface area contributed by atoms with Crippen LogP contribution in [0.25, 0.3) is 0 Å². The first-order chi connectivity index (χ1) is 14.2. The standard InChI is InChI=1S/C22H29FN4OS/c1-24-21(27-12-10-26(11-13-27)20-3-2-16-29-20)25-17-22(8-14-28-15-9-22)18-4-6-19(23)7-5-18/h2-7,16H,8-15,17H2,1H3,(H,24,25). The van der Waals surface area contributed by atoms with Gasteiger partial charge in [-0.25, -0.2) is 4.39 Å². The highest BCUT2D eigenvalue weighted by molar-refractivity contribution is 7.14. The van der Waals surface area contributed by atoms with Gasteiger partial charge in [0.25, 0.3) is 0 Å². The molecule has 4 rings (SSSR count). The lowest BCUT2D eigenvalue weighted by Crippen LogP contribution is -2.54. The van der Waals surface area contributed by atoms with Gasteiger partial charge >= 0.3 is 0 Å². The summed E-state index contributed by atoms with van der Waals surface area (Å²) in [6.07, 6.45) is 1.85. The van der Waals surface area contributed by atoms with Crippen molar-refractivity contribution in [2.75, 3.05) is 57.9 Å². The van der Waals surface area contributed by atoms with E-state index in [0.717, 1.165) is 64.7 Å². The second-order valence-electron chi connectivity index (χ2n) is 7.73. The first-order valence-corrected chi connectivity index (χ1v) is 11.2. The molecule has 0 amide bonds. The number of anilines is 1. The van der Waals surface area contributed by atoms with Crippen LogP contribution in [0.1, 0.15) is 18.4 Å². The van der Waals surface area contributed by atoms with E-state index in [1.54, 1.807) is 23.5 Å². The monoisotopic (exact) mass is 416 g/mol. The van der Waals surface area contributed by atoms with E-state index in [-0.39, 0.29) is 11.2 Å². The van der Waals surface area contributed by atoms with Crippen LogP contribution >= 0.6 is 11.3 Å². The van der Waals surface area contributed by atoms with Crippen molar-refractivity contribution in [1.29, 1.82) is 0 Å². The van der Waals surface area contributed by atoms with Crippen molar-refractivity contribution in [2.45, 2.75) is 18.3 Å². The topological polar surface area (TPSA) is 40.1 Å². The second kappa shape index (κ2) is 9.13. The van der Waals surface area contributed by atoms with Gasteiger partial charge < -0.3 is 19.9 Å². The highest BCUT2D eigenvalue weighted by Gasteiger charge is 2.35. The molecule has 3 heterocycles. The first-order valence-electron chi connectivity index (χ1n) is 10.3. The van der Waals surface area contributed by atoms with Crippen LogP contribution in [0.5, 0.6) is 0 Å². The third kappa shape index (κ3) is 4.56. The molecule has 0 spiro atoms. The molecule has 29 heavy (non-hydrogen) atoms. The maximum atomic E-state index is 13.5. The molecule has 156 valence electrons. The number of halogens is 1. The molecular formula is C22H29FN4OS. The van der Waals surface area contributed by atoms with Gasteiger partial charge in [0.1, 0.15) is 5.82 Å². The van der Waals surface area contributed by atoms with Gasteiger partial charge in [-0.2, -0.15) is 0 Å². The third-order valence-electron chi connectivity index (χ3n) is 6.10. The fraction of sp³-hybridized carbons (Fsp3) is 0.500. The van der Waals surface area contributed by atoms with Crippen LogP contribution in [0.4, 0.5) is 9.39 Å². The molecule has 2 fully saturated rings. The van der Waals surface area contributed by atoms with Crippen molar-refractivity contribution in [1.82, 2.24) is 10.2 Å². The molecule has 7 heteroatoms. The molecule has 5 nitrogen and oxygen atoms in total. The van der Waals surface area contributed by atoms with Gasteiger partial charge in [0, 0.05) is 58.4 Å². The summed E-state index contributed by atoms with van der Waals surface area (Å²) in [5.74, 6) is 0.757. The van der Waals surface area contributed by atoms with Crippen molar-refractivity contribution in [3.8, 4) is 0 Å². The summed E-state index contributed by atoms with van der Waals surface area (Å²) in [6, 6.07) is 11.3. The molecule has 0 saturated carbocycles. The molecule has 2 saturated heterocycles. The smallest absolute Gasteiger partial charge is 0.193 e. The average Bonchev–Trinajstić information content (AvgIpc) is 3.31. The number of benzene rings is 1. The lowest BCUT2D eigenvalue weighted by atomic mass is 9.74. The lowest BCUT2D eigenvalue weighted by molar-refractivity contribution is 0.0511. The number of hydrogen-bond acceptors (Lipinski definition) is 4. The summed E-state index contributed by atoms with van der Waals surface area (Å²) < 4.78 is 19.1. The van der Waals surface area contributed by atoms with Gasteiger partial charge in [-0.1, -0.05) is 12.1 Å². The van der Waals surface area contributed by atoms with Crippen LogP contribution in [-0.4, -0.2) is 63.8 Å². The van der Waals surface area contributed by atoms with E-state index in [1.165, 1.54) is 10.6 Å². The zero-order chi connectivity index (χ0) is 20.1. The molecule has 0 radical (unpaired) electrons. The molecule has 0 atom stereocenters. The Bertz CT molecular complexity index is 795. The van der Waals surface area contributed by atoms with Crippen molar-refractivity contribution in [2.24, 2.45) is 4.99 Å². The van der Waals surface area contributed by atoms with Crippen LogP contribution < -0.4 is 10.2 Å². The molecule has 1 N–H and O–H groups in total. The van der Waals surface area contributed by atoms with Crippen molar-refractivity contribution < 1.29 is 9.13 Å². The second-order valence-corrected chi connectivity index (χ2v) is 8.65. The predicted octanol–water partition coefficient (Wildman–Crippen LogP) is 3.33. The largest absolute Gasteiger partial charge is 0.381 e. The van der Waals surface area contributed by atoms with Crippen LogP contribution in [0, 0.1) is 5.82 Å². The summed E-state index contributed by atoms with van der Waals surface area (Å²) in [5.41, 5.74) is 1.12. The summed E-state index contributed by atoms with van der Waals surface area (Å²) >= 11 is 1.79. The minimum absolute atomic E-state index is 0.0549. The fourth-order valence-corrected chi connectivity index (χ4v) is 5.09. The van der Waals surface area contributed by atoms with Gasteiger partial charge in [0.05, 0.1) is 5.00 Å². The molecule has 1 aromatic carbocycles. The van der Waals surface area contributed by atoms with E-state index in [0.29, 0.717) is 0 Å². The molecule has 1 aromatic heterocycles. The fourth-order valence-electron chi connectivity index (χ4n) is 4.30. The number of thiophene rings is 1. The molecule has 0 unspecified atom stereocenters. The Kier molecular flexibility index (Phi) is 6.35. The third-order valence-corrected chi connectivity index (χ3v) is 7.03. The maximum Gasteiger partial charge on any atom is 0.193 e. The van der Waals surface area contributed by atoms with Crippen LogP contribution in [0.3, 0.4) is 0 Å². The first kappa shape index (κ1) is 20.2. The van der Waals surface area contributed by atoms with Gasteiger partial charge in [0.2, 0.25) is 0 Å². The summed E-state index contributed by atoms with van der Waals surface area (Å²) in [5, 5.41) is 7.09. The predicted molar refractivity (Wildman–Crippen MR) is 118 cm³/mol. The van der Waals surface area contributed by atoms with Gasteiger partial charge in [0.15, 0.2) is 5.96 Å². The Morgan fingerprint density at radius 2 is 1.86 bits per heavy atom. The number of aliphatic imine (C=N–C) groups is 1. The summed E-state index contributed by atoms with van der Waals surface area (Å²) in [4.78, 5) is 9.32. The Morgan fingerprint density at radius 1 is 1.14 bits per heavy atom. The van der Waals surface area contributed by atoms with E-state index in [4.69, 9.17) is 4.74 Å². The highest BCUT2D eigenvalue weighted by Crippen LogP contribution is 2.34. The van der Waals surface area contributed by atoms with E-state index in [1.807, 2.05) is 19.2 Å².